The van der Waals surface area contributed by atoms with Crippen molar-refractivity contribution in [2.24, 2.45) is 5.92 Å². The molecule has 1 saturated heterocycles. The second kappa shape index (κ2) is 12.6. The third-order valence-electron chi connectivity index (χ3n) is 9.33. The SMILES string of the molecule is CCO[C@@H]1OC(C(=O)N2CCN(Cc3ccc4c(c3)OCO4)CC2)=C[C@H](c2ccc3c(c2)Cc2ccccc2-3)[C@@H]1CCCO. The van der Waals surface area contributed by atoms with E-state index in [1.54, 1.807) is 0 Å². The molecular weight excluding hydrogens is 556 g/mol. The van der Waals surface area contributed by atoms with Gasteiger partial charge in [0.2, 0.25) is 13.1 Å². The summed E-state index contributed by atoms with van der Waals surface area (Å²) in [6.45, 7) is 6.39. The van der Waals surface area contributed by atoms with E-state index in [1.807, 2.05) is 30.0 Å². The van der Waals surface area contributed by atoms with Gasteiger partial charge < -0.3 is 29.0 Å². The fourth-order valence-electron chi connectivity index (χ4n) is 7.07. The molecule has 0 saturated carbocycles. The van der Waals surface area contributed by atoms with Crippen molar-refractivity contribution in [2.75, 3.05) is 46.2 Å². The first kappa shape index (κ1) is 28.9. The minimum atomic E-state index is -0.557. The van der Waals surface area contributed by atoms with E-state index in [2.05, 4.69) is 53.4 Å². The van der Waals surface area contributed by atoms with E-state index < -0.39 is 6.29 Å². The molecule has 3 aromatic rings. The van der Waals surface area contributed by atoms with E-state index in [0.29, 0.717) is 31.9 Å². The van der Waals surface area contributed by atoms with Crippen molar-refractivity contribution < 1.29 is 28.8 Å². The van der Waals surface area contributed by atoms with Crippen LogP contribution in [0.2, 0.25) is 0 Å². The molecule has 3 aromatic carbocycles. The van der Waals surface area contributed by atoms with E-state index >= 15 is 0 Å². The molecule has 1 amide bonds. The first-order chi connectivity index (χ1) is 21.6. The lowest BCUT2D eigenvalue weighted by atomic mass is 9.79. The second-order valence-electron chi connectivity index (χ2n) is 12.0. The highest BCUT2D eigenvalue weighted by Crippen LogP contribution is 2.43. The Morgan fingerprint density at radius 1 is 0.955 bits per heavy atom. The zero-order chi connectivity index (χ0) is 30.0. The Morgan fingerprint density at radius 2 is 1.77 bits per heavy atom. The van der Waals surface area contributed by atoms with Gasteiger partial charge in [-0.2, -0.15) is 0 Å². The summed E-state index contributed by atoms with van der Waals surface area (Å²) >= 11 is 0. The zero-order valence-corrected chi connectivity index (χ0v) is 25.2. The van der Waals surface area contributed by atoms with Crippen LogP contribution < -0.4 is 9.47 Å². The monoisotopic (exact) mass is 596 g/mol. The molecule has 3 atom stereocenters. The summed E-state index contributed by atoms with van der Waals surface area (Å²) in [6.07, 6.45) is 3.75. The van der Waals surface area contributed by atoms with Gasteiger partial charge in [-0.05, 0) is 77.8 Å². The number of ether oxygens (including phenoxy) is 4. The van der Waals surface area contributed by atoms with Gasteiger partial charge >= 0.3 is 0 Å². The van der Waals surface area contributed by atoms with Crippen LogP contribution in [0.25, 0.3) is 11.1 Å². The topological polar surface area (TPSA) is 80.7 Å². The molecule has 0 aromatic heterocycles. The number of aliphatic hydroxyl groups is 1. The molecular formula is C36H40N2O6. The van der Waals surface area contributed by atoms with Crippen LogP contribution >= 0.6 is 0 Å². The Bertz CT molecular complexity index is 1550. The molecule has 0 unspecified atom stereocenters. The van der Waals surface area contributed by atoms with Gasteiger partial charge in [-0.25, -0.2) is 0 Å². The summed E-state index contributed by atoms with van der Waals surface area (Å²) in [5, 5.41) is 9.69. The van der Waals surface area contributed by atoms with Crippen molar-refractivity contribution in [3.8, 4) is 22.6 Å². The molecule has 4 aliphatic rings. The maximum absolute atomic E-state index is 13.9. The van der Waals surface area contributed by atoms with Crippen LogP contribution in [0.3, 0.4) is 0 Å². The molecule has 1 fully saturated rings. The van der Waals surface area contributed by atoms with Crippen LogP contribution in [-0.2, 0) is 27.2 Å². The van der Waals surface area contributed by atoms with Crippen molar-refractivity contribution in [3.05, 3.63) is 94.8 Å². The summed E-state index contributed by atoms with van der Waals surface area (Å²) in [4.78, 5) is 18.2. The Kier molecular flexibility index (Phi) is 8.30. The van der Waals surface area contributed by atoms with Crippen molar-refractivity contribution in [1.82, 2.24) is 9.80 Å². The van der Waals surface area contributed by atoms with Gasteiger partial charge in [-0.1, -0.05) is 48.5 Å². The van der Waals surface area contributed by atoms with Gasteiger partial charge in [0.05, 0.1) is 0 Å². The average Bonchev–Trinajstić information content (AvgIpc) is 3.68. The smallest absolute Gasteiger partial charge is 0.288 e. The largest absolute Gasteiger partial charge is 0.459 e. The molecule has 1 aliphatic carbocycles. The predicted octanol–water partition coefficient (Wildman–Crippen LogP) is 5.08. The molecule has 1 N–H and O–H groups in total. The molecule has 3 aliphatic heterocycles. The zero-order valence-electron chi connectivity index (χ0n) is 25.2. The summed E-state index contributed by atoms with van der Waals surface area (Å²) in [6, 6.07) is 21.4. The standard InChI is InChI=1S/C36H40N2O6/c1-2-41-36-30(8-5-17-39)31(26-10-11-29-27(20-26)19-25-6-3-4-7-28(25)29)21-34(44-36)35(40)38-15-13-37(14-16-38)22-24-9-12-32-33(18-24)43-23-42-32/h3-4,6-7,9-12,18,20-21,30-31,36,39H,2,5,8,13-17,19,22-23H2,1H3/t30-,31+,36+/m0/s1. The van der Waals surface area contributed by atoms with Crippen molar-refractivity contribution >= 4 is 5.91 Å². The van der Waals surface area contributed by atoms with Crippen molar-refractivity contribution in [2.45, 2.75) is 44.9 Å². The first-order valence-corrected chi connectivity index (χ1v) is 15.8. The van der Waals surface area contributed by atoms with Crippen LogP contribution in [0.4, 0.5) is 0 Å². The fraction of sp³-hybridized carbons (Fsp3) is 0.417. The second-order valence-corrected chi connectivity index (χ2v) is 12.0. The lowest BCUT2D eigenvalue weighted by Crippen LogP contribution is -2.49. The molecule has 8 heteroatoms. The molecule has 8 nitrogen and oxygen atoms in total. The van der Waals surface area contributed by atoms with Crippen LogP contribution in [0, 0.1) is 5.92 Å². The summed E-state index contributed by atoms with van der Waals surface area (Å²) in [5.74, 6) is 1.78. The minimum Gasteiger partial charge on any atom is -0.459 e. The normalized spacial score (nSPS) is 22.3. The number of carbonyl (C=O) groups is 1. The average molecular weight is 597 g/mol. The van der Waals surface area contributed by atoms with E-state index in [4.69, 9.17) is 18.9 Å². The third-order valence-corrected chi connectivity index (χ3v) is 9.33. The maximum Gasteiger partial charge on any atom is 0.288 e. The number of piperazine rings is 1. The summed E-state index contributed by atoms with van der Waals surface area (Å²) < 4.78 is 23.4. The number of nitrogens with zero attached hydrogens (tertiary/aromatic N) is 2. The molecule has 3 heterocycles. The number of allylic oxidation sites excluding steroid dienone is 1. The number of hydrogen-bond acceptors (Lipinski definition) is 7. The van der Waals surface area contributed by atoms with Gasteiger partial charge in [-0.3, -0.25) is 9.69 Å². The van der Waals surface area contributed by atoms with E-state index in [9.17, 15) is 9.90 Å². The van der Waals surface area contributed by atoms with Gasteiger partial charge in [0.15, 0.2) is 17.3 Å². The van der Waals surface area contributed by atoms with Crippen molar-refractivity contribution in [1.29, 1.82) is 0 Å². The van der Waals surface area contributed by atoms with E-state index in [-0.39, 0.29) is 31.1 Å². The Labute approximate surface area is 258 Å². The van der Waals surface area contributed by atoms with Gasteiger partial charge in [0.25, 0.3) is 5.91 Å². The quantitative estimate of drug-likeness (QED) is 0.289. The number of hydrogen-bond donors (Lipinski definition) is 1. The number of aliphatic hydroxyl groups excluding tert-OH is 1. The Hall–Kier alpha value is -3.85. The number of amides is 1. The lowest BCUT2D eigenvalue weighted by Gasteiger charge is -2.39. The molecule has 44 heavy (non-hydrogen) atoms. The molecule has 0 bridgehead atoms. The number of carbonyl (C=O) groups excluding carboxylic acids is 1. The van der Waals surface area contributed by atoms with E-state index in [0.717, 1.165) is 49.5 Å². The highest BCUT2D eigenvalue weighted by atomic mass is 16.7. The van der Waals surface area contributed by atoms with Crippen LogP contribution in [0.5, 0.6) is 11.5 Å². The number of benzene rings is 3. The molecule has 0 spiro atoms. The third kappa shape index (κ3) is 5.70. The Morgan fingerprint density at radius 3 is 2.61 bits per heavy atom. The lowest BCUT2D eigenvalue weighted by molar-refractivity contribution is -0.171. The van der Waals surface area contributed by atoms with Gasteiger partial charge in [0, 0.05) is 57.8 Å². The Balaban J connectivity index is 1.09. The van der Waals surface area contributed by atoms with Gasteiger partial charge in [-0.15, -0.1) is 0 Å². The minimum absolute atomic E-state index is 0.0148. The number of rotatable bonds is 9. The molecule has 7 rings (SSSR count). The van der Waals surface area contributed by atoms with Crippen LogP contribution in [0.1, 0.15) is 47.9 Å². The van der Waals surface area contributed by atoms with Gasteiger partial charge in [0.1, 0.15) is 0 Å². The molecule has 230 valence electrons. The number of fused-ring (bicyclic) bond motifs is 4. The fourth-order valence-corrected chi connectivity index (χ4v) is 7.07. The van der Waals surface area contributed by atoms with Crippen molar-refractivity contribution in [3.63, 3.8) is 0 Å². The summed E-state index contributed by atoms with van der Waals surface area (Å²) in [7, 11) is 0. The predicted molar refractivity (Wildman–Crippen MR) is 166 cm³/mol. The van der Waals surface area contributed by atoms with E-state index in [1.165, 1.54) is 27.8 Å². The molecule has 0 radical (unpaired) electrons. The highest BCUT2D eigenvalue weighted by Gasteiger charge is 2.39. The summed E-state index contributed by atoms with van der Waals surface area (Å²) in [5.41, 5.74) is 7.56. The highest BCUT2D eigenvalue weighted by molar-refractivity contribution is 5.92. The first-order valence-electron chi connectivity index (χ1n) is 15.8. The maximum atomic E-state index is 13.9. The van der Waals surface area contributed by atoms with Crippen LogP contribution in [-0.4, -0.2) is 73.3 Å². The van der Waals surface area contributed by atoms with Crippen LogP contribution in [0.15, 0.2) is 72.5 Å².